The van der Waals surface area contributed by atoms with Gasteiger partial charge in [-0.1, -0.05) is 29.8 Å². The Balaban J connectivity index is 1.64. The number of rotatable bonds is 5. The van der Waals surface area contributed by atoms with Crippen LogP contribution in [0, 0.1) is 0 Å². The van der Waals surface area contributed by atoms with Gasteiger partial charge in [-0.15, -0.1) is 0 Å². The summed E-state index contributed by atoms with van der Waals surface area (Å²) in [7, 11) is 3.94. The second kappa shape index (κ2) is 8.41. The van der Waals surface area contributed by atoms with E-state index in [4.69, 9.17) is 22.4 Å². The summed E-state index contributed by atoms with van der Waals surface area (Å²) in [6.07, 6.45) is 5.77. The highest BCUT2D eigenvalue weighted by Gasteiger charge is 2.30. The molecule has 0 bridgehead atoms. The molecule has 9 heteroatoms. The standard InChI is InChI=1S/C21H24ClN7O/c1-27(2)10-3-4-17(30)28-11-9-16(12-28)29-21-18(20(23)24-13-25-21)19(26-29)14-5-7-15(22)8-6-14/h3-8,13,16H,9-12H2,1-2H3,(H2,23,24,25)/b4-3+/t16-/m1/s1. The Morgan fingerprint density at radius 1 is 1.30 bits per heavy atom. The van der Waals surface area contributed by atoms with Gasteiger partial charge in [0.1, 0.15) is 17.8 Å². The van der Waals surface area contributed by atoms with Gasteiger partial charge in [-0.2, -0.15) is 5.10 Å². The van der Waals surface area contributed by atoms with Crippen LogP contribution in [-0.4, -0.2) is 69.2 Å². The molecule has 0 unspecified atom stereocenters. The smallest absolute Gasteiger partial charge is 0.246 e. The zero-order chi connectivity index (χ0) is 21.3. The van der Waals surface area contributed by atoms with E-state index in [-0.39, 0.29) is 11.9 Å². The molecule has 1 atom stereocenters. The van der Waals surface area contributed by atoms with Crippen molar-refractivity contribution in [3.8, 4) is 11.3 Å². The topological polar surface area (TPSA) is 93.2 Å². The van der Waals surface area contributed by atoms with Crippen molar-refractivity contribution in [2.45, 2.75) is 12.5 Å². The molecule has 0 spiro atoms. The number of hydrogen-bond acceptors (Lipinski definition) is 6. The first-order chi connectivity index (χ1) is 14.4. The molecule has 2 aromatic heterocycles. The number of anilines is 1. The molecule has 0 saturated carbocycles. The van der Waals surface area contributed by atoms with E-state index in [9.17, 15) is 4.79 Å². The zero-order valence-corrected chi connectivity index (χ0v) is 17.8. The second-order valence-corrected chi connectivity index (χ2v) is 8.09. The van der Waals surface area contributed by atoms with E-state index in [0.717, 1.165) is 29.6 Å². The summed E-state index contributed by atoms with van der Waals surface area (Å²) in [6.45, 7) is 1.98. The summed E-state index contributed by atoms with van der Waals surface area (Å²) in [4.78, 5) is 25.0. The molecule has 156 valence electrons. The Morgan fingerprint density at radius 3 is 2.80 bits per heavy atom. The fourth-order valence-electron chi connectivity index (χ4n) is 3.67. The van der Waals surface area contributed by atoms with Gasteiger partial charge in [0.15, 0.2) is 5.65 Å². The molecule has 1 aromatic carbocycles. The van der Waals surface area contributed by atoms with Gasteiger partial charge in [-0.25, -0.2) is 14.6 Å². The fraction of sp³-hybridized carbons (Fsp3) is 0.333. The van der Waals surface area contributed by atoms with Gasteiger partial charge in [-0.05, 0) is 32.6 Å². The molecule has 1 saturated heterocycles. The average molecular weight is 426 g/mol. The van der Waals surface area contributed by atoms with Crippen LogP contribution in [0.25, 0.3) is 22.3 Å². The minimum atomic E-state index is 0.0166. The van der Waals surface area contributed by atoms with Gasteiger partial charge < -0.3 is 15.5 Å². The third kappa shape index (κ3) is 4.01. The van der Waals surface area contributed by atoms with Crippen LogP contribution in [0.3, 0.4) is 0 Å². The van der Waals surface area contributed by atoms with Gasteiger partial charge >= 0.3 is 0 Å². The minimum absolute atomic E-state index is 0.0166. The lowest BCUT2D eigenvalue weighted by Gasteiger charge is -2.15. The van der Waals surface area contributed by atoms with Crippen LogP contribution in [-0.2, 0) is 4.79 Å². The second-order valence-electron chi connectivity index (χ2n) is 7.65. The molecule has 4 rings (SSSR count). The van der Waals surface area contributed by atoms with Crippen molar-refractivity contribution in [1.82, 2.24) is 29.5 Å². The average Bonchev–Trinajstić information content (AvgIpc) is 3.34. The number of nitrogens with two attached hydrogens (primary N) is 1. The number of benzene rings is 1. The van der Waals surface area contributed by atoms with Gasteiger partial charge in [0.05, 0.1) is 11.4 Å². The SMILES string of the molecule is CN(C)C/C=C/C(=O)N1CC[C@@H](n2nc(-c3ccc(Cl)cc3)c3c(N)ncnc32)C1. The maximum absolute atomic E-state index is 12.5. The van der Waals surface area contributed by atoms with Crippen molar-refractivity contribution in [3.63, 3.8) is 0 Å². The van der Waals surface area contributed by atoms with Crippen LogP contribution in [0.2, 0.25) is 5.02 Å². The third-order valence-electron chi connectivity index (χ3n) is 5.19. The van der Waals surface area contributed by atoms with Crippen molar-refractivity contribution in [2.24, 2.45) is 0 Å². The Morgan fingerprint density at radius 2 is 2.07 bits per heavy atom. The van der Waals surface area contributed by atoms with Crippen molar-refractivity contribution in [3.05, 3.63) is 47.8 Å². The van der Waals surface area contributed by atoms with Crippen molar-refractivity contribution in [2.75, 3.05) is 39.5 Å². The molecule has 1 aliphatic heterocycles. The third-order valence-corrected chi connectivity index (χ3v) is 5.44. The van der Waals surface area contributed by atoms with Crippen LogP contribution in [0.5, 0.6) is 0 Å². The minimum Gasteiger partial charge on any atom is -0.383 e. The number of fused-ring (bicyclic) bond motifs is 1. The number of carbonyl (C=O) groups excluding carboxylic acids is 1. The van der Waals surface area contributed by atoms with Gasteiger partial charge in [0, 0.05) is 36.3 Å². The van der Waals surface area contributed by atoms with Crippen LogP contribution >= 0.6 is 11.6 Å². The number of nitrogen functional groups attached to an aromatic ring is 1. The normalized spacial score (nSPS) is 16.9. The maximum atomic E-state index is 12.5. The molecule has 1 aliphatic rings. The molecule has 1 fully saturated rings. The first kappa shape index (κ1) is 20.3. The maximum Gasteiger partial charge on any atom is 0.246 e. The van der Waals surface area contributed by atoms with Crippen molar-refractivity contribution < 1.29 is 4.79 Å². The summed E-state index contributed by atoms with van der Waals surface area (Å²) >= 11 is 6.04. The summed E-state index contributed by atoms with van der Waals surface area (Å²) in [5, 5.41) is 6.21. The molecular weight excluding hydrogens is 402 g/mol. The Labute approximate surface area is 179 Å². The molecule has 8 nitrogen and oxygen atoms in total. The highest BCUT2D eigenvalue weighted by molar-refractivity contribution is 6.30. The zero-order valence-electron chi connectivity index (χ0n) is 17.0. The van der Waals surface area contributed by atoms with Gasteiger partial charge in [0.2, 0.25) is 5.91 Å². The van der Waals surface area contributed by atoms with E-state index in [1.165, 1.54) is 6.33 Å². The number of hydrogen-bond donors (Lipinski definition) is 1. The number of carbonyl (C=O) groups is 1. The number of amides is 1. The first-order valence-electron chi connectivity index (χ1n) is 9.79. The summed E-state index contributed by atoms with van der Waals surface area (Å²) in [6, 6.07) is 7.46. The van der Waals surface area contributed by atoms with E-state index in [1.807, 2.05) is 58.9 Å². The fourth-order valence-corrected chi connectivity index (χ4v) is 3.80. The summed E-state index contributed by atoms with van der Waals surface area (Å²) in [5.41, 5.74) is 8.47. The molecule has 3 heterocycles. The highest BCUT2D eigenvalue weighted by atomic mass is 35.5. The summed E-state index contributed by atoms with van der Waals surface area (Å²) in [5.74, 6) is 0.400. The van der Waals surface area contributed by atoms with E-state index >= 15 is 0 Å². The first-order valence-corrected chi connectivity index (χ1v) is 10.2. The highest BCUT2D eigenvalue weighted by Crippen LogP contribution is 2.34. The predicted octanol–water partition coefficient (Wildman–Crippen LogP) is 2.62. The van der Waals surface area contributed by atoms with Crippen LogP contribution in [0.4, 0.5) is 5.82 Å². The summed E-state index contributed by atoms with van der Waals surface area (Å²) < 4.78 is 1.88. The quantitative estimate of drug-likeness (QED) is 0.631. The van der Waals surface area contributed by atoms with E-state index in [0.29, 0.717) is 29.6 Å². The number of nitrogens with zero attached hydrogens (tertiary/aromatic N) is 6. The van der Waals surface area contributed by atoms with Crippen LogP contribution in [0.15, 0.2) is 42.7 Å². The Kier molecular flexibility index (Phi) is 5.69. The van der Waals surface area contributed by atoms with Crippen molar-refractivity contribution in [1.29, 1.82) is 0 Å². The molecule has 3 aromatic rings. The number of likely N-dealkylation sites (tertiary alicyclic amines) is 1. The van der Waals surface area contributed by atoms with Gasteiger partial charge in [0.25, 0.3) is 0 Å². The van der Waals surface area contributed by atoms with Crippen LogP contribution in [0.1, 0.15) is 12.5 Å². The number of halogens is 1. The van der Waals surface area contributed by atoms with E-state index in [2.05, 4.69) is 9.97 Å². The van der Waals surface area contributed by atoms with E-state index < -0.39 is 0 Å². The monoisotopic (exact) mass is 425 g/mol. The predicted molar refractivity (Wildman–Crippen MR) is 118 cm³/mol. The van der Waals surface area contributed by atoms with E-state index in [1.54, 1.807) is 6.08 Å². The lowest BCUT2D eigenvalue weighted by molar-refractivity contribution is -0.125. The van der Waals surface area contributed by atoms with Crippen molar-refractivity contribution >= 4 is 34.4 Å². The number of aromatic nitrogens is 4. The molecule has 2 N–H and O–H groups in total. The van der Waals surface area contributed by atoms with Crippen LogP contribution < -0.4 is 5.73 Å². The number of likely N-dealkylation sites (N-methyl/N-ethyl adjacent to an activating group) is 1. The lowest BCUT2D eigenvalue weighted by atomic mass is 10.1. The molecule has 30 heavy (non-hydrogen) atoms. The molecule has 0 aliphatic carbocycles. The van der Waals surface area contributed by atoms with Gasteiger partial charge in [-0.3, -0.25) is 4.79 Å². The largest absolute Gasteiger partial charge is 0.383 e. The lowest BCUT2D eigenvalue weighted by Crippen LogP contribution is -2.28. The Hall–Kier alpha value is -2.97. The molecular formula is C21H24ClN7O. The Bertz CT molecular complexity index is 1090. The molecule has 1 amide bonds. The molecule has 0 radical (unpaired) electrons.